The van der Waals surface area contributed by atoms with Crippen LogP contribution in [-0.4, -0.2) is 23.8 Å². The predicted octanol–water partition coefficient (Wildman–Crippen LogP) is 4.09. The highest BCUT2D eigenvalue weighted by atomic mass is 35.5. The maximum atomic E-state index is 11.7. The summed E-state index contributed by atoms with van der Waals surface area (Å²) >= 11 is 5.84. The van der Waals surface area contributed by atoms with E-state index < -0.39 is 5.91 Å². The largest absolute Gasteiger partial charge is 0.507 e. The highest BCUT2D eigenvalue weighted by Crippen LogP contribution is 2.21. The summed E-state index contributed by atoms with van der Waals surface area (Å²) in [4.78, 5) is 11.7. The Labute approximate surface area is 152 Å². The molecule has 0 spiro atoms. The molecular weight excluding hydrogens is 340 g/mol. The third-order valence-corrected chi connectivity index (χ3v) is 4.05. The van der Waals surface area contributed by atoms with Crippen LogP contribution in [0, 0.1) is 0 Å². The first-order valence-corrected chi connectivity index (χ1v) is 8.40. The van der Waals surface area contributed by atoms with E-state index in [1.165, 1.54) is 17.8 Å². The smallest absolute Gasteiger partial charge is 0.277 e. The Morgan fingerprint density at radius 1 is 1.32 bits per heavy atom. The number of carbonyl (C=O) groups is 1. The lowest BCUT2D eigenvalue weighted by atomic mass is 9.99. The van der Waals surface area contributed by atoms with Crippen molar-refractivity contribution >= 4 is 23.7 Å². The van der Waals surface area contributed by atoms with Gasteiger partial charge in [0, 0.05) is 10.6 Å². The van der Waals surface area contributed by atoms with E-state index >= 15 is 0 Å². The molecule has 2 aromatic carbocycles. The third-order valence-electron chi connectivity index (χ3n) is 3.81. The van der Waals surface area contributed by atoms with Crippen molar-refractivity contribution in [2.24, 2.45) is 5.10 Å². The number of aromatic hydroxyl groups is 1. The standard InChI is InChI=1S/C19H21ClN2O3/c1-3-13(2)14-4-7-17(8-5-14)25-12-19(24)22-21-11-15-10-16(20)6-9-18(15)23/h4-11,13,23H,3,12H2,1-2H3,(H,22,24)/b21-11+. The summed E-state index contributed by atoms with van der Waals surface area (Å²) in [6, 6.07) is 12.3. The van der Waals surface area contributed by atoms with Gasteiger partial charge in [0.2, 0.25) is 0 Å². The van der Waals surface area contributed by atoms with Gasteiger partial charge in [-0.05, 0) is 48.2 Å². The first-order chi connectivity index (χ1) is 12.0. The summed E-state index contributed by atoms with van der Waals surface area (Å²) < 4.78 is 5.43. The van der Waals surface area contributed by atoms with Crippen LogP contribution in [0.25, 0.3) is 0 Å². The Morgan fingerprint density at radius 2 is 2.04 bits per heavy atom. The number of nitrogens with zero attached hydrogens (tertiary/aromatic N) is 1. The average molecular weight is 361 g/mol. The molecule has 1 atom stereocenters. The summed E-state index contributed by atoms with van der Waals surface area (Å²) in [5, 5.41) is 13.9. The quantitative estimate of drug-likeness (QED) is 0.577. The number of hydrogen-bond donors (Lipinski definition) is 2. The van der Waals surface area contributed by atoms with E-state index in [4.69, 9.17) is 16.3 Å². The van der Waals surface area contributed by atoms with Crippen molar-refractivity contribution in [2.45, 2.75) is 26.2 Å². The van der Waals surface area contributed by atoms with Crippen molar-refractivity contribution in [1.29, 1.82) is 0 Å². The normalized spacial score (nSPS) is 12.1. The van der Waals surface area contributed by atoms with Crippen LogP contribution in [0.1, 0.15) is 37.3 Å². The minimum Gasteiger partial charge on any atom is -0.507 e. The Kier molecular flexibility index (Phi) is 6.83. The van der Waals surface area contributed by atoms with Crippen LogP contribution < -0.4 is 10.2 Å². The molecule has 0 aliphatic carbocycles. The maximum absolute atomic E-state index is 11.7. The lowest BCUT2D eigenvalue weighted by Crippen LogP contribution is -2.24. The van der Waals surface area contributed by atoms with Gasteiger partial charge in [0.1, 0.15) is 11.5 Å². The van der Waals surface area contributed by atoms with E-state index in [-0.39, 0.29) is 12.4 Å². The number of amides is 1. The van der Waals surface area contributed by atoms with Crippen LogP contribution in [0.3, 0.4) is 0 Å². The van der Waals surface area contributed by atoms with Crippen LogP contribution >= 0.6 is 11.6 Å². The number of benzene rings is 2. The molecule has 0 saturated heterocycles. The van der Waals surface area contributed by atoms with Gasteiger partial charge in [0.25, 0.3) is 5.91 Å². The van der Waals surface area contributed by atoms with E-state index in [2.05, 4.69) is 24.4 Å². The molecule has 5 nitrogen and oxygen atoms in total. The summed E-state index contributed by atoms with van der Waals surface area (Å²) in [5.41, 5.74) is 3.99. The van der Waals surface area contributed by atoms with Crippen LogP contribution in [0.15, 0.2) is 47.6 Å². The molecule has 0 heterocycles. The first kappa shape index (κ1) is 18.8. The number of nitrogens with one attached hydrogen (secondary N) is 1. The van der Waals surface area contributed by atoms with E-state index in [9.17, 15) is 9.90 Å². The molecule has 132 valence electrons. The van der Waals surface area contributed by atoms with E-state index in [0.717, 1.165) is 6.42 Å². The summed E-state index contributed by atoms with van der Waals surface area (Å²) in [7, 11) is 0. The fraction of sp³-hybridized carbons (Fsp3) is 0.263. The van der Waals surface area contributed by atoms with Crippen molar-refractivity contribution in [2.75, 3.05) is 6.61 Å². The highest BCUT2D eigenvalue weighted by Gasteiger charge is 2.05. The van der Waals surface area contributed by atoms with E-state index in [1.807, 2.05) is 24.3 Å². The van der Waals surface area contributed by atoms with Gasteiger partial charge in [-0.2, -0.15) is 5.10 Å². The Balaban J connectivity index is 1.82. The van der Waals surface area contributed by atoms with Gasteiger partial charge in [-0.3, -0.25) is 4.79 Å². The fourth-order valence-electron chi connectivity index (χ4n) is 2.11. The molecule has 1 unspecified atom stereocenters. The van der Waals surface area contributed by atoms with Gasteiger partial charge >= 0.3 is 0 Å². The minimum atomic E-state index is -0.399. The second-order valence-electron chi connectivity index (χ2n) is 5.66. The molecule has 6 heteroatoms. The van der Waals surface area contributed by atoms with Gasteiger partial charge in [-0.25, -0.2) is 5.43 Å². The monoisotopic (exact) mass is 360 g/mol. The molecule has 0 aliphatic rings. The Morgan fingerprint density at radius 3 is 2.72 bits per heavy atom. The molecular formula is C19H21ClN2O3. The van der Waals surface area contributed by atoms with Gasteiger partial charge in [-0.1, -0.05) is 37.6 Å². The van der Waals surface area contributed by atoms with E-state index in [1.54, 1.807) is 12.1 Å². The lowest BCUT2D eigenvalue weighted by Gasteiger charge is -2.10. The molecule has 0 radical (unpaired) electrons. The van der Waals surface area contributed by atoms with Crippen molar-refractivity contribution in [1.82, 2.24) is 5.43 Å². The number of carbonyl (C=O) groups excluding carboxylic acids is 1. The molecule has 2 rings (SSSR count). The zero-order valence-electron chi connectivity index (χ0n) is 14.2. The van der Waals surface area contributed by atoms with Crippen LogP contribution in [0.4, 0.5) is 0 Å². The molecule has 0 fully saturated rings. The summed E-state index contributed by atoms with van der Waals surface area (Å²) in [6.07, 6.45) is 2.39. The third kappa shape index (κ3) is 5.80. The van der Waals surface area contributed by atoms with Crippen molar-refractivity contribution in [3.05, 3.63) is 58.6 Å². The van der Waals surface area contributed by atoms with Gasteiger partial charge in [0.05, 0.1) is 6.21 Å². The highest BCUT2D eigenvalue weighted by molar-refractivity contribution is 6.30. The van der Waals surface area contributed by atoms with Gasteiger partial charge in [0.15, 0.2) is 6.61 Å². The zero-order valence-corrected chi connectivity index (χ0v) is 15.0. The Bertz CT molecular complexity index is 745. The zero-order chi connectivity index (χ0) is 18.2. The van der Waals surface area contributed by atoms with Crippen molar-refractivity contribution in [3.8, 4) is 11.5 Å². The molecule has 0 bridgehead atoms. The number of rotatable bonds is 7. The number of ether oxygens (including phenoxy) is 1. The topological polar surface area (TPSA) is 70.9 Å². The fourth-order valence-corrected chi connectivity index (χ4v) is 2.29. The van der Waals surface area contributed by atoms with Crippen LogP contribution in [0.2, 0.25) is 5.02 Å². The van der Waals surface area contributed by atoms with E-state index in [0.29, 0.717) is 22.3 Å². The maximum Gasteiger partial charge on any atom is 0.277 e. The van der Waals surface area contributed by atoms with Crippen LogP contribution in [-0.2, 0) is 4.79 Å². The van der Waals surface area contributed by atoms with Crippen molar-refractivity contribution in [3.63, 3.8) is 0 Å². The molecule has 0 aromatic heterocycles. The van der Waals surface area contributed by atoms with Gasteiger partial charge in [-0.15, -0.1) is 0 Å². The Hall–Kier alpha value is -2.53. The number of phenols is 1. The van der Waals surface area contributed by atoms with Gasteiger partial charge < -0.3 is 9.84 Å². The second-order valence-corrected chi connectivity index (χ2v) is 6.10. The summed E-state index contributed by atoms with van der Waals surface area (Å²) in [6.45, 7) is 4.16. The molecule has 0 aliphatic heterocycles. The first-order valence-electron chi connectivity index (χ1n) is 8.02. The summed E-state index contributed by atoms with van der Waals surface area (Å²) in [5.74, 6) is 0.747. The molecule has 2 aromatic rings. The number of hydrazone groups is 1. The average Bonchev–Trinajstić information content (AvgIpc) is 2.62. The lowest BCUT2D eigenvalue weighted by molar-refractivity contribution is -0.123. The number of hydrogen-bond acceptors (Lipinski definition) is 4. The molecule has 2 N–H and O–H groups in total. The number of phenolic OH excluding ortho intramolecular Hbond substituents is 1. The minimum absolute atomic E-state index is 0.0278. The molecule has 0 saturated carbocycles. The predicted molar refractivity (Wildman–Crippen MR) is 99.5 cm³/mol. The SMILES string of the molecule is CCC(C)c1ccc(OCC(=O)N/N=C/c2cc(Cl)ccc2O)cc1. The molecule has 25 heavy (non-hydrogen) atoms. The second kappa shape index (κ2) is 9.08. The molecule has 1 amide bonds. The number of halogens is 1. The van der Waals surface area contributed by atoms with Crippen LogP contribution in [0.5, 0.6) is 11.5 Å². The van der Waals surface area contributed by atoms with Crippen molar-refractivity contribution < 1.29 is 14.6 Å².